The van der Waals surface area contributed by atoms with Gasteiger partial charge in [0.15, 0.2) is 0 Å². The highest BCUT2D eigenvalue weighted by atomic mass is 35.5. The number of nitrogens with one attached hydrogen (secondary N) is 1. The van der Waals surface area contributed by atoms with Crippen LogP contribution in [0.15, 0.2) is 61.2 Å². The van der Waals surface area contributed by atoms with Crippen molar-refractivity contribution in [3.05, 3.63) is 82.4 Å². The van der Waals surface area contributed by atoms with E-state index >= 15 is 0 Å². The molecule has 1 saturated carbocycles. The number of rotatable bonds is 11. The zero-order valence-corrected chi connectivity index (χ0v) is 23.8. The smallest absolute Gasteiger partial charge is 0.229 e. The Balaban J connectivity index is 1.85. The number of hydrogen-bond acceptors (Lipinski definition) is 3. The first-order valence-corrected chi connectivity index (χ1v) is 15.4. The molecule has 1 saturated heterocycles. The van der Waals surface area contributed by atoms with Crippen LogP contribution in [0.2, 0.25) is 10.0 Å². The first kappa shape index (κ1) is 28.2. The van der Waals surface area contributed by atoms with Crippen LogP contribution in [0.25, 0.3) is 0 Å². The van der Waals surface area contributed by atoms with Crippen LogP contribution >= 0.6 is 23.2 Å². The summed E-state index contributed by atoms with van der Waals surface area (Å²) in [6.07, 6.45) is 5.36. The number of hydrogen-bond donors (Lipinski definition) is 1. The Hall–Kier alpha value is -1.86. The largest absolute Gasteiger partial charge is 0.331 e. The lowest BCUT2D eigenvalue weighted by molar-refractivity contribution is -0.155. The van der Waals surface area contributed by atoms with Gasteiger partial charge in [-0.05, 0) is 73.4 Å². The molecule has 5 nitrogen and oxygen atoms in total. The molecular weight excluding hydrogens is 527 g/mol. The van der Waals surface area contributed by atoms with Crippen LogP contribution in [0.5, 0.6) is 0 Å². The van der Waals surface area contributed by atoms with E-state index in [9.17, 15) is 13.2 Å². The molecule has 37 heavy (non-hydrogen) atoms. The Morgan fingerprint density at radius 3 is 2.43 bits per heavy atom. The molecule has 0 spiro atoms. The molecule has 1 heterocycles. The molecule has 4 rings (SSSR count). The van der Waals surface area contributed by atoms with Gasteiger partial charge in [-0.2, -0.15) is 0 Å². The second-order valence-corrected chi connectivity index (χ2v) is 13.4. The normalized spacial score (nSPS) is 25.2. The summed E-state index contributed by atoms with van der Waals surface area (Å²) in [7, 11) is -3.43. The molecule has 0 aromatic heterocycles. The fourth-order valence-electron chi connectivity index (χ4n) is 5.90. The summed E-state index contributed by atoms with van der Waals surface area (Å²) in [6, 6.07) is 15.1. The molecule has 1 N–H and O–H groups in total. The molecule has 1 aliphatic carbocycles. The third-order valence-corrected chi connectivity index (χ3v) is 9.74. The number of carbonyl (C=O) groups excluding carboxylic acids is 1. The molecular formula is C29H36Cl2N2O3S. The lowest BCUT2D eigenvalue weighted by Gasteiger charge is -2.52. The Bertz CT molecular complexity index is 1230. The number of allylic oxidation sites excluding steroid dienone is 1. The van der Waals surface area contributed by atoms with Crippen LogP contribution < -0.4 is 4.72 Å². The Morgan fingerprint density at radius 1 is 1.14 bits per heavy atom. The van der Waals surface area contributed by atoms with Crippen molar-refractivity contribution in [1.82, 2.24) is 9.62 Å². The van der Waals surface area contributed by atoms with Gasteiger partial charge in [0.05, 0.1) is 17.2 Å². The lowest BCUT2D eigenvalue weighted by Crippen LogP contribution is -2.56. The Kier molecular flexibility index (Phi) is 8.74. The second kappa shape index (κ2) is 11.5. The van der Waals surface area contributed by atoms with Gasteiger partial charge in [0.25, 0.3) is 0 Å². The van der Waals surface area contributed by atoms with E-state index in [1.165, 1.54) is 0 Å². The van der Waals surface area contributed by atoms with Crippen molar-refractivity contribution in [3.8, 4) is 0 Å². The highest BCUT2D eigenvalue weighted by Crippen LogP contribution is 2.54. The van der Waals surface area contributed by atoms with Gasteiger partial charge in [-0.3, -0.25) is 4.79 Å². The molecule has 1 aliphatic heterocycles. The molecule has 0 radical (unpaired) electrons. The SMILES string of the molecule is C=CC[C@@]1(C)C[C@H](c2cccc(Cl)c2)[C@@H](c2ccc(Cl)cc2)N([C@@H](CCS(=O)(=O)NCC)C2CC2)C1=O. The van der Waals surface area contributed by atoms with Gasteiger partial charge in [-0.25, -0.2) is 13.1 Å². The van der Waals surface area contributed by atoms with Crippen molar-refractivity contribution in [2.24, 2.45) is 11.3 Å². The van der Waals surface area contributed by atoms with E-state index in [2.05, 4.69) is 17.4 Å². The van der Waals surface area contributed by atoms with Crippen molar-refractivity contribution in [2.75, 3.05) is 12.3 Å². The molecule has 200 valence electrons. The lowest BCUT2D eigenvalue weighted by atomic mass is 9.67. The number of benzene rings is 2. The number of amides is 1. The van der Waals surface area contributed by atoms with Gasteiger partial charge in [-0.15, -0.1) is 6.58 Å². The third kappa shape index (κ3) is 6.42. The summed E-state index contributed by atoms with van der Waals surface area (Å²) in [5, 5.41) is 1.28. The van der Waals surface area contributed by atoms with Crippen molar-refractivity contribution < 1.29 is 13.2 Å². The van der Waals surface area contributed by atoms with E-state index in [0.717, 1.165) is 24.0 Å². The molecule has 0 unspecified atom stereocenters. The molecule has 2 aromatic rings. The topological polar surface area (TPSA) is 66.5 Å². The number of likely N-dealkylation sites (tertiary alicyclic amines) is 1. The number of halogens is 2. The van der Waals surface area contributed by atoms with Gasteiger partial charge in [0.1, 0.15) is 0 Å². The zero-order valence-electron chi connectivity index (χ0n) is 21.5. The molecule has 1 amide bonds. The van der Waals surface area contributed by atoms with Crippen LogP contribution in [-0.2, 0) is 14.8 Å². The number of piperidine rings is 1. The summed E-state index contributed by atoms with van der Waals surface area (Å²) in [6.45, 7) is 8.08. The van der Waals surface area contributed by atoms with E-state index < -0.39 is 15.4 Å². The van der Waals surface area contributed by atoms with Crippen LogP contribution in [0.3, 0.4) is 0 Å². The van der Waals surface area contributed by atoms with Crippen LogP contribution in [-0.4, -0.2) is 37.6 Å². The van der Waals surface area contributed by atoms with Gasteiger partial charge in [0, 0.05) is 28.5 Å². The van der Waals surface area contributed by atoms with E-state index in [4.69, 9.17) is 23.2 Å². The summed E-state index contributed by atoms with van der Waals surface area (Å²) in [5.74, 6) is 0.290. The maximum atomic E-state index is 14.4. The molecule has 0 bridgehead atoms. The predicted octanol–water partition coefficient (Wildman–Crippen LogP) is 6.74. The minimum atomic E-state index is -3.43. The Labute approximate surface area is 231 Å². The number of sulfonamides is 1. The summed E-state index contributed by atoms with van der Waals surface area (Å²) in [5.41, 5.74) is 1.39. The van der Waals surface area contributed by atoms with E-state index in [0.29, 0.717) is 35.9 Å². The zero-order chi connectivity index (χ0) is 26.8. The molecule has 8 heteroatoms. The first-order chi connectivity index (χ1) is 17.6. The first-order valence-electron chi connectivity index (χ1n) is 13.0. The predicted molar refractivity (Wildman–Crippen MR) is 151 cm³/mol. The van der Waals surface area contributed by atoms with E-state index in [1.807, 2.05) is 60.4 Å². The molecule has 4 atom stereocenters. The molecule has 2 fully saturated rings. The highest BCUT2D eigenvalue weighted by molar-refractivity contribution is 7.89. The number of carbonyl (C=O) groups is 1. The van der Waals surface area contributed by atoms with Gasteiger partial charge in [-0.1, -0.05) is 67.4 Å². The third-order valence-electron chi connectivity index (χ3n) is 7.76. The van der Waals surface area contributed by atoms with E-state index in [-0.39, 0.29) is 35.6 Å². The van der Waals surface area contributed by atoms with Crippen molar-refractivity contribution in [3.63, 3.8) is 0 Å². The monoisotopic (exact) mass is 562 g/mol. The van der Waals surface area contributed by atoms with Gasteiger partial charge < -0.3 is 4.90 Å². The maximum absolute atomic E-state index is 14.4. The Morgan fingerprint density at radius 2 is 1.84 bits per heavy atom. The number of nitrogens with zero attached hydrogens (tertiary/aromatic N) is 1. The van der Waals surface area contributed by atoms with Gasteiger partial charge in [0.2, 0.25) is 15.9 Å². The fraction of sp³-hybridized carbons (Fsp3) is 0.483. The minimum Gasteiger partial charge on any atom is -0.331 e. The van der Waals surface area contributed by atoms with Crippen LogP contribution in [0.1, 0.15) is 69.0 Å². The minimum absolute atomic E-state index is 0.0148. The van der Waals surface area contributed by atoms with Crippen LogP contribution in [0, 0.1) is 11.3 Å². The van der Waals surface area contributed by atoms with E-state index in [1.54, 1.807) is 6.92 Å². The average Bonchev–Trinajstić information content (AvgIpc) is 3.68. The summed E-state index contributed by atoms with van der Waals surface area (Å²) >= 11 is 12.7. The quantitative estimate of drug-likeness (QED) is 0.308. The summed E-state index contributed by atoms with van der Waals surface area (Å²) < 4.78 is 27.9. The van der Waals surface area contributed by atoms with Crippen molar-refractivity contribution in [1.29, 1.82) is 0 Å². The maximum Gasteiger partial charge on any atom is 0.229 e. The molecule has 2 aromatic carbocycles. The standard InChI is InChI=1S/C29H36Cl2N2O3S/c1-4-16-29(3)19-25(22-7-6-8-24(31)18-22)27(21-11-13-23(30)14-12-21)33(28(29)34)26(20-9-10-20)15-17-37(35,36)32-5-2/h4,6-8,11-14,18,20,25-27,32H,1,5,9-10,15-17,19H2,2-3H3/t25-,26+,27-,29+/m1/s1. The summed E-state index contributed by atoms with van der Waals surface area (Å²) in [4.78, 5) is 16.4. The fourth-order valence-corrected chi connectivity index (χ4v) is 7.36. The van der Waals surface area contributed by atoms with Crippen LogP contribution in [0.4, 0.5) is 0 Å². The molecule has 2 aliphatic rings. The van der Waals surface area contributed by atoms with Gasteiger partial charge >= 0.3 is 0 Å². The average molecular weight is 564 g/mol. The van der Waals surface area contributed by atoms with Crippen molar-refractivity contribution in [2.45, 2.75) is 64.0 Å². The highest BCUT2D eigenvalue weighted by Gasteiger charge is 2.53. The second-order valence-electron chi connectivity index (χ2n) is 10.6. The van der Waals surface area contributed by atoms with Crippen molar-refractivity contribution >= 4 is 39.1 Å².